The molecule has 0 aliphatic heterocycles. The Morgan fingerprint density at radius 1 is 1.14 bits per heavy atom. The fraction of sp³-hybridized carbons (Fsp3) is 0.0476. The number of carbonyl (C=O) groups is 1. The number of carbonyl (C=O) groups excluding carboxylic acids is 1. The summed E-state index contributed by atoms with van der Waals surface area (Å²) in [6, 6.07) is 15.1. The van der Waals surface area contributed by atoms with Crippen LogP contribution >= 0.6 is 0 Å². The maximum Gasteiger partial charge on any atom is 0.275 e. The van der Waals surface area contributed by atoms with Gasteiger partial charge in [0.25, 0.3) is 5.91 Å². The lowest BCUT2D eigenvalue weighted by Crippen LogP contribution is -2.14. The average molecular weight is 384 g/mol. The number of fused-ring (bicyclic) bond motifs is 2. The second kappa shape index (κ2) is 6.75. The Morgan fingerprint density at radius 3 is 2.93 bits per heavy atom. The predicted molar refractivity (Wildman–Crippen MR) is 110 cm³/mol. The number of anilines is 1. The Kier molecular flexibility index (Phi) is 3.94. The molecule has 0 saturated carbocycles. The molecule has 1 amide bonds. The largest absolute Gasteiger partial charge is 0.496 e. The number of para-hydroxylation sites is 1. The second-order valence-corrected chi connectivity index (χ2v) is 6.46. The molecule has 0 aliphatic rings. The number of amides is 1. The zero-order valence-electron chi connectivity index (χ0n) is 15.4. The molecule has 0 radical (unpaired) electrons. The van der Waals surface area contributed by atoms with Gasteiger partial charge < -0.3 is 15.0 Å². The van der Waals surface area contributed by atoms with Crippen LogP contribution in [0.4, 0.5) is 5.69 Å². The highest BCUT2D eigenvalue weighted by atomic mass is 16.5. The molecule has 0 fully saturated rings. The molecule has 8 heteroatoms. The van der Waals surface area contributed by atoms with Crippen molar-refractivity contribution < 1.29 is 9.53 Å². The highest BCUT2D eigenvalue weighted by Crippen LogP contribution is 2.31. The van der Waals surface area contributed by atoms with Crippen molar-refractivity contribution in [2.45, 2.75) is 0 Å². The van der Waals surface area contributed by atoms with Crippen LogP contribution in [0.1, 0.15) is 10.5 Å². The normalized spacial score (nSPS) is 11.1. The quantitative estimate of drug-likeness (QED) is 0.437. The Hall–Kier alpha value is -4.20. The molecule has 5 aromatic rings. The van der Waals surface area contributed by atoms with E-state index in [1.54, 1.807) is 7.11 Å². The van der Waals surface area contributed by atoms with E-state index >= 15 is 0 Å². The van der Waals surface area contributed by atoms with Crippen LogP contribution in [0, 0.1) is 0 Å². The number of ether oxygens (including phenoxy) is 1. The van der Waals surface area contributed by atoms with Gasteiger partial charge in [0.2, 0.25) is 0 Å². The number of hydrogen-bond donors (Lipinski definition) is 3. The number of nitrogens with one attached hydrogen (secondary N) is 3. The summed E-state index contributed by atoms with van der Waals surface area (Å²) in [6.45, 7) is 0. The summed E-state index contributed by atoms with van der Waals surface area (Å²) in [6.07, 6.45) is 3.27. The molecule has 0 bridgehead atoms. The lowest BCUT2D eigenvalue weighted by Gasteiger charge is -2.07. The first kappa shape index (κ1) is 16.9. The summed E-state index contributed by atoms with van der Waals surface area (Å²) in [7, 11) is 1.60. The molecule has 0 saturated heterocycles. The van der Waals surface area contributed by atoms with E-state index in [0.29, 0.717) is 28.3 Å². The van der Waals surface area contributed by atoms with Gasteiger partial charge in [-0.05, 0) is 36.4 Å². The highest BCUT2D eigenvalue weighted by molar-refractivity contribution is 6.05. The van der Waals surface area contributed by atoms with Gasteiger partial charge in [0, 0.05) is 28.4 Å². The van der Waals surface area contributed by atoms with Crippen molar-refractivity contribution in [2.24, 2.45) is 0 Å². The first-order chi connectivity index (χ1) is 14.2. The fourth-order valence-corrected chi connectivity index (χ4v) is 3.27. The number of H-pyrrole nitrogens is 2. The lowest BCUT2D eigenvalue weighted by atomic mass is 10.1. The molecule has 3 N–H and O–H groups in total. The van der Waals surface area contributed by atoms with Gasteiger partial charge in [0.15, 0.2) is 5.65 Å². The van der Waals surface area contributed by atoms with Gasteiger partial charge in [-0.3, -0.25) is 9.89 Å². The van der Waals surface area contributed by atoms with Crippen LogP contribution in [-0.2, 0) is 0 Å². The third kappa shape index (κ3) is 2.96. The zero-order valence-corrected chi connectivity index (χ0v) is 15.4. The van der Waals surface area contributed by atoms with Crippen LogP contribution in [0.3, 0.4) is 0 Å². The third-order valence-electron chi connectivity index (χ3n) is 4.68. The fourth-order valence-electron chi connectivity index (χ4n) is 3.27. The van der Waals surface area contributed by atoms with E-state index in [1.165, 1.54) is 6.20 Å². The van der Waals surface area contributed by atoms with Crippen molar-refractivity contribution >= 4 is 33.7 Å². The molecule has 2 aromatic carbocycles. The maximum absolute atomic E-state index is 12.7. The van der Waals surface area contributed by atoms with Crippen molar-refractivity contribution in [1.82, 2.24) is 25.1 Å². The maximum atomic E-state index is 12.7. The molecule has 0 spiro atoms. The summed E-state index contributed by atoms with van der Waals surface area (Å²) in [4.78, 5) is 24.7. The molecule has 3 heterocycles. The minimum atomic E-state index is -0.346. The van der Waals surface area contributed by atoms with Gasteiger partial charge in [-0.15, -0.1) is 0 Å². The summed E-state index contributed by atoms with van der Waals surface area (Å²) in [5, 5.41) is 11.0. The Bertz CT molecular complexity index is 1350. The topological polar surface area (TPSA) is 109 Å². The molecule has 8 nitrogen and oxygen atoms in total. The van der Waals surface area contributed by atoms with E-state index < -0.39 is 0 Å². The summed E-state index contributed by atoms with van der Waals surface area (Å²) >= 11 is 0. The molecule has 3 aromatic heterocycles. The van der Waals surface area contributed by atoms with Crippen molar-refractivity contribution in [1.29, 1.82) is 0 Å². The Labute approximate surface area is 165 Å². The first-order valence-electron chi connectivity index (χ1n) is 8.96. The van der Waals surface area contributed by atoms with Gasteiger partial charge >= 0.3 is 0 Å². The van der Waals surface area contributed by atoms with Crippen LogP contribution in [0.5, 0.6) is 5.75 Å². The summed E-state index contributed by atoms with van der Waals surface area (Å²) in [5.74, 6) is 0.330. The highest BCUT2D eigenvalue weighted by Gasteiger charge is 2.17. The van der Waals surface area contributed by atoms with Crippen molar-refractivity contribution in [3.05, 3.63) is 66.6 Å². The number of hydrogen-bond acceptors (Lipinski definition) is 5. The standard InChI is InChI=1S/C21H16N6O2/c1-29-17-5-3-2-4-14(17)18-19-20(27-26-18)23-11-16(25-19)21(28)24-13-6-7-15-12(10-13)8-9-22-15/h2-11,22H,1H3,(H,24,28)(H,23,26,27). The van der Waals surface area contributed by atoms with Gasteiger partial charge in [-0.2, -0.15) is 5.10 Å². The van der Waals surface area contributed by atoms with Gasteiger partial charge in [-0.25, -0.2) is 9.97 Å². The molecule has 29 heavy (non-hydrogen) atoms. The van der Waals surface area contributed by atoms with E-state index in [1.807, 2.05) is 54.7 Å². The number of aromatic amines is 2. The average Bonchev–Trinajstić information content (AvgIpc) is 3.39. The first-order valence-corrected chi connectivity index (χ1v) is 8.96. The molecular weight excluding hydrogens is 368 g/mol. The molecule has 5 rings (SSSR count). The van der Waals surface area contributed by atoms with Gasteiger partial charge in [-0.1, -0.05) is 12.1 Å². The zero-order chi connectivity index (χ0) is 19.8. The van der Waals surface area contributed by atoms with E-state index in [2.05, 4.69) is 30.5 Å². The smallest absolute Gasteiger partial charge is 0.275 e. The Balaban J connectivity index is 1.51. The van der Waals surface area contributed by atoms with Crippen molar-refractivity contribution in [3.8, 4) is 17.0 Å². The Morgan fingerprint density at radius 2 is 2.03 bits per heavy atom. The summed E-state index contributed by atoms with van der Waals surface area (Å²) in [5.41, 5.74) is 4.25. The predicted octanol–water partition coefficient (Wildman–Crippen LogP) is 3.76. The van der Waals surface area contributed by atoms with Gasteiger partial charge in [0.1, 0.15) is 17.0 Å². The van der Waals surface area contributed by atoms with E-state index in [9.17, 15) is 4.79 Å². The molecule has 0 unspecified atom stereocenters. The number of rotatable bonds is 4. The van der Waals surface area contributed by atoms with E-state index in [0.717, 1.165) is 16.5 Å². The third-order valence-corrected chi connectivity index (χ3v) is 4.68. The molecule has 142 valence electrons. The van der Waals surface area contributed by atoms with E-state index in [4.69, 9.17) is 4.74 Å². The van der Waals surface area contributed by atoms with Crippen LogP contribution < -0.4 is 10.1 Å². The van der Waals surface area contributed by atoms with Crippen LogP contribution in [-0.4, -0.2) is 38.2 Å². The van der Waals surface area contributed by atoms with Crippen molar-refractivity contribution in [2.75, 3.05) is 12.4 Å². The monoisotopic (exact) mass is 384 g/mol. The molecule has 0 atom stereocenters. The molecule has 0 aliphatic carbocycles. The second-order valence-electron chi connectivity index (χ2n) is 6.46. The number of nitrogens with zero attached hydrogens (tertiary/aromatic N) is 3. The number of benzene rings is 2. The number of aromatic nitrogens is 5. The van der Waals surface area contributed by atoms with Gasteiger partial charge in [0.05, 0.1) is 19.0 Å². The molecular formula is C21H16N6O2. The number of methoxy groups -OCH3 is 1. The minimum absolute atomic E-state index is 0.198. The lowest BCUT2D eigenvalue weighted by molar-refractivity contribution is 0.102. The summed E-state index contributed by atoms with van der Waals surface area (Å²) < 4.78 is 5.43. The van der Waals surface area contributed by atoms with Crippen LogP contribution in [0.2, 0.25) is 0 Å². The minimum Gasteiger partial charge on any atom is -0.496 e. The SMILES string of the molecule is COc1ccccc1-c1[nH]nc2ncc(C(=O)Nc3ccc4[nH]ccc4c3)nc12. The van der Waals surface area contributed by atoms with E-state index in [-0.39, 0.29) is 11.6 Å². The van der Waals surface area contributed by atoms with Crippen molar-refractivity contribution in [3.63, 3.8) is 0 Å². The van der Waals surface area contributed by atoms with Crippen LogP contribution in [0.15, 0.2) is 60.9 Å². The van der Waals surface area contributed by atoms with Crippen LogP contribution in [0.25, 0.3) is 33.3 Å².